The van der Waals surface area contributed by atoms with Crippen LogP contribution in [-0.2, 0) is 30.8 Å². The number of pyridine rings is 1. The number of sulfonamides is 1. The lowest BCUT2D eigenvalue weighted by Gasteiger charge is -2.36. The molecule has 3 aliphatic heterocycles. The van der Waals surface area contributed by atoms with Gasteiger partial charge in [0.25, 0.3) is 0 Å². The summed E-state index contributed by atoms with van der Waals surface area (Å²) < 4.78 is 34.5. The molecule has 1 aromatic carbocycles. The van der Waals surface area contributed by atoms with Crippen molar-refractivity contribution in [2.75, 3.05) is 6.54 Å². The fourth-order valence-corrected chi connectivity index (χ4v) is 9.58. The minimum Gasteiger partial charge on any atom is -0.483 e. The van der Waals surface area contributed by atoms with Crippen LogP contribution in [0, 0.1) is 31.1 Å². The number of para-hydroxylation sites is 1. The first-order chi connectivity index (χ1) is 22.3. The maximum absolute atomic E-state index is 14.4. The highest BCUT2D eigenvalue weighted by Gasteiger charge is 2.63. The number of ketones is 1. The fourth-order valence-electron chi connectivity index (χ4n) is 8.24. The van der Waals surface area contributed by atoms with Gasteiger partial charge in [-0.3, -0.25) is 19.1 Å². The standard InChI is InChI=1S/C37H47N3O6S/c1-23-12-10-14-27-28-15-16-36(46-32(28)25(3)38-31(23)27)20-29-30(41)21-37(34(43)39-47(44,45)35(4)17-18-35)19-26(37)13-9-7-5-6-8-11-24(2)33(42)40(29)22-36/h9-10,12-14,24,26,29H,5-8,11,15-22H2,1-4H3,(H,39,43)/b13-9-/t24-,26+,29-,36+,37+/m0/s1. The minimum absolute atomic E-state index is 0.0540. The molecule has 2 saturated carbocycles. The Balaban J connectivity index is 1.21. The van der Waals surface area contributed by atoms with Crippen molar-refractivity contribution < 1.29 is 27.5 Å². The second kappa shape index (κ2) is 11.4. The van der Waals surface area contributed by atoms with E-state index in [1.54, 1.807) is 11.8 Å². The van der Waals surface area contributed by atoms with Crippen LogP contribution in [0.25, 0.3) is 10.9 Å². The maximum atomic E-state index is 14.4. The summed E-state index contributed by atoms with van der Waals surface area (Å²) >= 11 is 0. The first kappa shape index (κ1) is 32.3. The molecular weight excluding hydrogens is 614 g/mol. The molecule has 252 valence electrons. The number of amides is 2. The Morgan fingerprint density at radius 1 is 1.09 bits per heavy atom. The molecule has 3 fully saturated rings. The molecule has 7 rings (SSSR count). The van der Waals surface area contributed by atoms with E-state index >= 15 is 0 Å². The van der Waals surface area contributed by atoms with Crippen LogP contribution in [0.3, 0.4) is 0 Å². The van der Waals surface area contributed by atoms with Gasteiger partial charge in [-0.15, -0.1) is 0 Å². The number of carbonyl (C=O) groups is 3. The zero-order valence-electron chi connectivity index (χ0n) is 28.1. The lowest BCUT2D eigenvalue weighted by Crippen LogP contribution is -2.47. The summed E-state index contributed by atoms with van der Waals surface area (Å²) in [5, 5.41) is 1.07. The molecule has 5 aliphatic rings. The second-order valence-corrected chi connectivity index (χ2v) is 17.6. The van der Waals surface area contributed by atoms with E-state index in [1.165, 1.54) is 0 Å². The van der Waals surface area contributed by atoms with E-state index in [1.807, 2.05) is 26.0 Å². The van der Waals surface area contributed by atoms with Crippen LogP contribution in [-0.4, -0.2) is 58.8 Å². The van der Waals surface area contributed by atoms with Crippen molar-refractivity contribution in [3.05, 3.63) is 47.2 Å². The minimum atomic E-state index is -3.86. The van der Waals surface area contributed by atoms with Crippen LogP contribution >= 0.6 is 0 Å². The highest BCUT2D eigenvalue weighted by atomic mass is 32.2. The molecule has 2 amide bonds. The van der Waals surface area contributed by atoms with Crippen LogP contribution < -0.4 is 9.46 Å². The first-order valence-electron chi connectivity index (χ1n) is 17.4. The molecule has 0 unspecified atom stereocenters. The van der Waals surface area contributed by atoms with Crippen LogP contribution in [0.15, 0.2) is 30.4 Å². The molecule has 1 N–H and O–H groups in total. The lowest BCUT2D eigenvalue weighted by molar-refractivity contribution is -0.142. The highest BCUT2D eigenvalue weighted by Crippen LogP contribution is 2.58. The van der Waals surface area contributed by atoms with E-state index in [0.717, 1.165) is 72.0 Å². The van der Waals surface area contributed by atoms with Gasteiger partial charge in [0.1, 0.15) is 11.4 Å². The number of aromatic nitrogens is 1. The predicted molar refractivity (Wildman–Crippen MR) is 179 cm³/mol. The smallest absolute Gasteiger partial charge is 0.240 e. The Labute approximate surface area is 278 Å². The van der Waals surface area contributed by atoms with E-state index < -0.39 is 37.7 Å². The van der Waals surface area contributed by atoms with Crippen molar-refractivity contribution >= 4 is 38.5 Å². The summed E-state index contributed by atoms with van der Waals surface area (Å²) in [6.45, 7) is 7.91. The maximum Gasteiger partial charge on any atom is 0.240 e. The number of benzene rings is 1. The quantitative estimate of drug-likeness (QED) is 0.423. The number of nitrogens with one attached hydrogen (secondary N) is 1. The number of Topliss-reactive ketones (excluding diaryl/α,β-unsaturated/α-hetero) is 1. The van der Waals surface area contributed by atoms with Gasteiger partial charge in [0.15, 0.2) is 5.78 Å². The van der Waals surface area contributed by atoms with Crippen molar-refractivity contribution in [1.82, 2.24) is 14.6 Å². The van der Waals surface area contributed by atoms with Crippen LogP contribution in [0.2, 0.25) is 0 Å². The second-order valence-electron chi connectivity index (χ2n) is 15.4. The lowest BCUT2D eigenvalue weighted by atomic mass is 9.85. The van der Waals surface area contributed by atoms with Crippen molar-refractivity contribution in [2.24, 2.45) is 17.3 Å². The van der Waals surface area contributed by atoms with Gasteiger partial charge in [-0.05, 0) is 83.6 Å². The molecule has 47 heavy (non-hydrogen) atoms. The van der Waals surface area contributed by atoms with Gasteiger partial charge in [-0.25, -0.2) is 13.4 Å². The number of carbonyl (C=O) groups excluding carboxylic acids is 3. The third kappa shape index (κ3) is 5.58. The van der Waals surface area contributed by atoms with E-state index in [9.17, 15) is 22.8 Å². The molecular formula is C37H47N3O6S. The zero-order chi connectivity index (χ0) is 33.4. The number of allylic oxidation sites excluding steroid dienone is 2. The molecule has 4 heterocycles. The topological polar surface area (TPSA) is 123 Å². The number of ether oxygens (including phenoxy) is 1. The average Bonchev–Trinajstić information content (AvgIpc) is 3.92. The third-order valence-corrected chi connectivity index (χ3v) is 14.0. The number of hydrogen-bond acceptors (Lipinski definition) is 7. The predicted octanol–water partition coefficient (Wildman–Crippen LogP) is 5.64. The Morgan fingerprint density at radius 3 is 2.64 bits per heavy atom. The van der Waals surface area contributed by atoms with Crippen molar-refractivity contribution in [3.63, 3.8) is 0 Å². The van der Waals surface area contributed by atoms with Gasteiger partial charge in [-0.2, -0.15) is 0 Å². The number of hydrogen-bond donors (Lipinski definition) is 1. The van der Waals surface area contributed by atoms with Gasteiger partial charge in [0.05, 0.1) is 34.0 Å². The number of fused-ring (bicyclic) bond motifs is 5. The molecule has 1 saturated heterocycles. The van der Waals surface area contributed by atoms with Gasteiger partial charge >= 0.3 is 0 Å². The van der Waals surface area contributed by atoms with Crippen molar-refractivity contribution in [1.29, 1.82) is 0 Å². The van der Waals surface area contributed by atoms with Crippen LogP contribution in [0.5, 0.6) is 5.75 Å². The van der Waals surface area contributed by atoms with Gasteiger partial charge in [-0.1, -0.05) is 50.1 Å². The number of aryl methyl sites for hydroxylation is 3. The van der Waals surface area contributed by atoms with E-state index in [4.69, 9.17) is 9.72 Å². The summed E-state index contributed by atoms with van der Waals surface area (Å²) in [6, 6.07) is 5.42. The van der Waals surface area contributed by atoms with E-state index in [-0.39, 0.29) is 29.9 Å². The first-order valence-corrected chi connectivity index (χ1v) is 18.9. The Kier molecular flexibility index (Phi) is 7.84. The Hall–Kier alpha value is -3.27. The summed E-state index contributed by atoms with van der Waals surface area (Å²) in [7, 11) is -3.86. The van der Waals surface area contributed by atoms with Crippen molar-refractivity contribution in [3.8, 4) is 5.75 Å². The molecule has 0 radical (unpaired) electrons. The molecule has 2 aliphatic carbocycles. The average molecular weight is 662 g/mol. The summed E-state index contributed by atoms with van der Waals surface area (Å²) in [4.78, 5) is 49.0. The van der Waals surface area contributed by atoms with E-state index in [2.05, 4.69) is 29.9 Å². The molecule has 10 heteroatoms. The molecule has 1 aromatic heterocycles. The highest BCUT2D eigenvalue weighted by molar-refractivity contribution is 7.91. The number of rotatable bonds is 3. The van der Waals surface area contributed by atoms with Crippen LogP contribution in [0.1, 0.15) is 101 Å². The molecule has 1 spiro atoms. The summed E-state index contributed by atoms with van der Waals surface area (Å²) in [5.74, 6) is -0.572. The molecule has 9 nitrogen and oxygen atoms in total. The third-order valence-electron chi connectivity index (χ3n) is 11.9. The summed E-state index contributed by atoms with van der Waals surface area (Å²) in [5.41, 5.74) is 2.10. The Bertz CT molecular complexity index is 1800. The molecule has 0 bridgehead atoms. The Morgan fingerprint density at radius 2 is 1.87 bits per heavy atom. The zero-order valence-corrected chi connectivity index (χ0v) is 28.9. The number of nitrogens with zero attached hydrogens (tertiary/aromatic N) is 2. The van der Waals surface area contributed by atoms with Gasteiger partial charge < -0.3 is 9.64 Å². The summed E-state index contributed by atoms with van der Waals surface area (Å²) in [6.07, 6.45) is 11.6. The fraction of sp³-hybridized carbons (Fsp3) is 0.622. The van der Waals surface area contributed by atoms with Crippen LogP contribution in [0.4, 0.5) is 0 Å². The normalized spacial score (nSPS) is 32.8. The largest absolute Gasteiger partial charge is 0.483 e. The SMILES string of the molecule is Cc1nc2c(C)cccc2c2c1O[C@]1(CC2)C[C@H]2C(=O)C[C@]3(C(=O)NS(=O)(=O)C4(C)CC4)C[C@H]3/C=C\CCCCC[C@H](C)C(=O)N2C1. The van der Waals surface area contributed by atoms with Gasteiger partial charge in [0.2, 0.25) is 21.8 Å². The van der Waals surface area contributed by atoms with E-state index in [0.29, 0.717) is 38.6 Å². The monoisotopic (exact) mass is 661 g/mol. The van der Waals surface area contributed by atoms with Crippen molar-refractivity contribution in [2.45, 2.75) is 121 Å². The van der Waals surface area contributed by atoms with Gasteiger partial charge in [0, 0.05) is 29.7 Å². The molecule has 2 aromatic rings. The molecule has 5 atom stereocenters.